The molecule has 0 spiro atoms. The Labute approximate surface area is 100 Å². The fraction of sp³-hybridized carbons (Fsp3) is 0.583. The number of hydrogen-bond acceptors (Lipinski definition) is 3. The SMILES string of the molecule is Cc1ccc(=O)n(C(C)C(=O)N2CCCC2)n1. The number of carbonyl (C=O) groups excluding carboxylic acids is 1. The molecule has 1 amide bonds. The molecule has 1 unspecified atom stereocenters. The number of aromatic nitrogens is 2. The summed E-state index contributed by atoms with van der Waals surface area (Å²) in [5.74, 6) is -0.0114. The first-order chi connectivity index (χ1) is 8.09. The van der Waals surface area contributed by atoms with Crippen molar-refractivity contribution in [1.29, 1.82) is 0 Å². The zero-order valence-electron chi connectivity index (χ0n) is 10.2. The van der Waals surface area contributed by atoms with Gasteiger partial charge in [0.1, 0.15) is 6.04 Å². The molecule has 1 saturated heterocycles. The maximum Gasteiger partial charge on any atom is 0.267 e. The Bertz CT molecular complexity index is 475. The van der Waals surface area contributed by atoms with Gasteiger partial charge in [-0.05, 0) is 32.8 Å². The van der Waals surface area contributed by atoms with Gasteiger partial charge in [-0.2, -0.15) is 5.10 Å². The van der Waals surface area contributed by atoms with Gasteiger partial charge in [0, 0.05) is 19.2 Å². The van der Waals surface area contributed by atoms with E-state index in [0.717, 1.165) is 31.6 Å². The van der Waals surface area contributed by atoms with Gasteiger partial charge in [0.25, 0.3) is 5.56 Å². The van der Waals surface area contributed by atoms with E-state index in [4.69, 9.17) is 0 Å². The lowest BCUT2D eigenvalue weighted by atomic mass is 10.3. The standard InChI is InChI=1S/C12H17N3O2/c1-9-5-6-11(16)15(13-9)10(2)12(17)14-7-3-4-8-14/h5-6,10H,3-4,7-8H2,1-2H3. The van der Waals surface area contributed by atoms with Crippen LogP contribution in [0.1, 0.15) is 31.5 Å². The highest BCUT2D eigenvalue weighted by Crippen LogP contribution is 2.13. The Morgan fingerprint density at radius 2 is 2.00 bits per heavy atom. The Hall–Kier alpha value is -1.65. The number of nitrogens with zero attached hydrogens (tertiary/aromatic N) is 3. The molecule has 17 heavy (non-hydrogen) atoms. The van der Waals surface area contributed by atoms with Crippen molar-refractivity contribution < 1.29 is 4.79 Å². The minimum atomic E-state index is -0.513. The summed E-state index contributed by atoms with van der Waals surface area (Å²) in [6.45, 7) is 5.13. The molecule has 1 aliphatic heterocycles. The highest BCUT2D eigenvalue weighted by atomic mass is 16.2. The van der Waals surface area contributed by atoms with Gasteiger partial charge < -0.3 is 4.90 Å². The molecule has 1 aromatic heterocycles. The Kier molecular flexibility index (Phi) is 3.26. The van der Waals surface area contributed by atoms with E-state index in [0.29, 0.717) is 0 Å². The van der Waals surface area contributed by atoms with Crippen molar-refractivity contribution >= 4 is 5.91 Å². The number of amides is 1. The second-order valence-corrected chi connectivity index (χ2v) is 4.47. The molecule has 1 aliphatic rings. The van der Waals surface area contributed by atoms with Crippen LogP contribution in [0.2, 0.25) is 0 Å². The number of rotatable bonds is 2. The fourth-order valence-electron chi connectivity index (χ4n) is 2.10. The lowest BCUT2D eigenvalue weighted by molar-refractivity contribution is -0.133. The molecular formula is C12H17N3O2. The van der Waals surface area contributed by atoms with E-state index < -0.39 is 6.04 Å². The fourth-order valence-corrected chi connectivity index (χ4v) is 2.10. The van der Waals surface area contributed by atoms with Gasteiger partial charge in [-0.15, -0.1) is 0 Å². The first-order valence-corrected chi connectivity index (χ1v) is 5.95. The molecule has 92 valence electrons. The second-order valence-electron chi connectivity index (χ2n) is 4.47. The van der Waals surface area contributed by atoms with Crippen LogP contribution in [0.5, 0.6) is 0 Å². The van der Waals surface area contributed by atoms with Crippen LogP contribution in [0.25, 0.3) is 0 Å². The Morgan fingerprint density at radius 1 is 1.35 bits per heavy atom. The van der Waals surface area contributed by atoms with Crippen molar-refractivity contribution in [2.75, 3.05) is 13.1 Å². The van der Waals surface area contributed by atoms with Crippen LogP contribution in [0.15, 0.2) is 16.9 Å². The lowest BCUT2D eigenvalue weighted by Crippen LogP contribution is -2.38. The topological polar surface area (TPSA) is 55.2 Å². The van der Waals surface area contributed by atoms with E-state index in [1.54, 1.807) is 17.9 Å². The quantitative estimate of drug-likeness (QED) is 0.759. The Morgan fingerprint density at radius 3 is 2.65 bits per heavy atom. The molecule has 1 fully saturated rings. The smallest absolute Gasteiger partial charge is 0.267 e. The summed E-state index contributed by atoms with van der Waals surface area (Å²) in [7, 11) is 0. The predicted molar refractivity (Wildman–Crippen MR) is 63.8 cm³/mol. The molecule has 0 aliphatic carbocycles. The van der Waals surface area contributed by atoms with E-state index in [1.165, 1.54) is 10.7 Å². The highest BCUT2D eigenvalue weighted by molar-refractivity contribution is 5.80. The van der Waals surface area contributed by atoms with Crippen LogP contribution >= 0.6 is 0 Å². The van der Waals surface area contributed by atoms with E-state index in [-0.39, 0.29) is 11.5 Å². The van der Waals surface area contributed by atoms with Crippen molar-refractivity contribution in [3.63, 3.8) is 0 Å². The molecule has 0 N–H and O–H groups in total. The average Bonchev–Trinajstić information content (AvgIpc) is 2.84. The van der Waals surface area contributed by atoms with E-state index in [1.807, 2.05) is 6.92 Å². The van der Waals surface area contributed by atoms with Gasteiger partial charge in [-0.25, -0.2) is 4.68 Å². The van der Waals surface area contributed by atoms with Crippen molar-refractivity contribution in [3.05, 3.63) is 28.2 Å². The summed E-state index contributed by atoms with van der Waals surface area (Å²) >= 11 is 0. The number of carbonyl (C=O) groups is 1. The van der Waals surface area contributed by atoms with Crippen LogP contribution in [-0.2, 0) is 4.79 Å². The normalized spacial score (nSPS) is 17.2. The molecule has 1 aromatic rings. The van der Waals surface area contributed by atoms with Crippen LogP contribution < -0.4 is 5.56 Å². The van der Waals surface area contributed by atoms with Crippen LogP contribution in [0.4, 0.5) is 0 Å². The predicted octanol–water partition coefficient (Wildman–Crippen LogP) is 0.735. The average molecular weight is 235 g/mol. The van der Waals surface area contributed by atoms with E-state index in [2.05, 4.69) is 5.10 Å². The van der Waals surface area contributed by atoms with Gasteiger partial charge >= 0.3 is 0 Å². The first kappa shape index (κ1) is 11.8. The van der Waals surface area contributed by atoms with Crippen LogP contribution in [-0.4, -0.2) is 33.7 Å². The van der Waals surface area contributed by atoms with Crippen molar-refractivity contribution in [2.24, 2.45) is 0 Å². The van der Waals surface area contributed by atoms with Gasteiger partial charge in [0.2, 0.25) is 5.91 Å². The van der Waals surface area contributed by atoms with E-state index in [9.17, 15) is 9.59 Å². The maximum atomic E-state index is 12.1. The summed E-state index contributed by atoms with van der Waals surface area (Å²) in [6.07, 6.45) is 2.10. The maximum absolute atomic E-state index is 12.1. The summed E-state index contributed by atoms with van der Waals surface area (Å²) in [5, 5.41) is 4.12. The van der Waals surface area contributed by atoms with Crippen molar-refractivity contribution in [2.45, 2.75) is 32.7 Å². The molecule has 1 atom stereocenters. The lowest BCUT2D eigenvalue weighted by Gasteiger charge is -2.21. The van der Waals surface area contributed by atoms with Crippen LogP contribution in [0.3, 0.4) is 0 Å². The molecule has 0 aromatic carbocycles. The minimum Gasteiger partial charge on any atom is -0.341 e. The van der Waals surface area contributed by atoms with Gasteiger partial charge in [0.05, 0.1) is 5.69 Å². The molecule has 2 heterocycles. The van der Waals surface area contributed by atoms with Crippen LogP contribution in [0, 0.1) is 6.92 Å². The molecule has 5 heteroatoms. The van der Waals surface area contributed by atoms with Gasteiger partial charge in [0.15, 0.2) is 0 Å². The Balaban J connectivity index is 2.23. The monoisotopic (exact) mass is 235 g/mol. The zero-order chi connectivity index (χ0) is 12.4. The summed E-state index contributed by atoms with van der Waals surface area (Å²) < 4.78 is 1.27. The zero-order valence-corrected chi connectivity index (χ0v) is 10.2. The minimum absolute atomic E-state index is 0.0114. The molecule has 2 rings (SSSR count). The third-order valence-corrected chi connectivity index (χ3v) is 3.10. The van der Waals surface area contributed by atoms with E-state index >= 15 is 0 Å². The third-order valence-electron chi connectivity index (χ3n) is 3.10. The summed E-state index contributed by atoms with van der Waals surface area (Å²) in [6, 6.07) is 2.60. The molecule has 0 radical (unpaired) electrons. The highest BCUT2D eigenvalue weighted by Gasteiger charge is 2.25. The molecular weight excluding hydrogens is 218 g/mol. The summed E-state index contributed by atoms with van der Waals surface area (Å²) in [4.78, 5) is 25.6. The molecule has 0 saturated carbocycles. The molecule has 0 bridgehead atoms. The number of aryl methyl sites for hydroxylation is 1. The second kappa shape index (κ2) is 4.69. The number of likely N-dealkylation sites (tertiary alicyclic amines) is 1. The third kappa shape index (κ3) is 2.38. The first-order valence-electron chi connectivity index (χ1n) is 5.95. The summed E-state index contributed by atoms with van der Waals surface area (Å²) in [5.41, 5.74) is 0.515. The number of hydrogen-bond donors (Lipinski definition) is 0. The van der Waals surface area contributed by atoms with Crippen molar-refractivity contribution in [3.8, 4) is 0 Å². The van der Waals surface area contributed by atoms with Gasteiger partial charge in [-0.3, -0.25) is 9.59 Å². The molecule has 5 nitrogen and oxygen atoms in total. The van der Waals surface area contributed by atoms with Crippen molar-refractivity contribution in [1.82, 2.24) is 14.7 Å². The van der Waals surface area contributed by atoms with Gasteiger partial charge in [-0.1, -0.05) is 0 Å². The largest absolute Gasteiger partial charge is 0.341 e.